The van der Waals surface area contributed by atoms with E-state index >= 15 is 0 Å². The number of likely N-dealkylation sites (tertiary alicyclic amines) is 1. The van der Waals surface area contributed by atoms with Crippen molar-refractivity contribution in [1.82, 2.24) is 24.3 Å². The number of piperidine rings is 1. The summed E-state index contributed by atoms with van der Waals surface area (Å²) in [4.78, 5) is 40.2. The lowest BCUT2D eigenvalue weighted by atomic mass is 9.97. The number of imidazole rings is 1. The first-order valence-corrected chi connectivity index (χ1v) is 12.9. The molecule has 12 heteroatoms. The highest BCUT2D eigenvalue weighted by Crippen LogP contribution is 2.34. The van der Waals surface area contributed by atoms with Crippen molar-refractivity contribution in [3.8, 4) is 11.3 Å². The van der Waals surface area contributed by atoms with Gasteiger partial charge in [-0.1, -0.05) is 19.1 Å². The van der Waals surface area contributed by atoms with E-state index in [1.807, 2.05) is 16.2 Å². The van der Waals surface area contributed by atoms with Crippen LogP contribution >= 0.6 is 0 Å². The van der Waals surface area contributed by atoms with Crippen LogP contribution in [0.1, 0.15) is 59.5 Å². The molecule has 1 fully saturated rings. The van der Waals surface area contributed by atoms with Crippen molar-refractivity contribution in [1.29, 1.82) is 0 Å². The Morgan fingerprint density at radius 2 is 1.90 bits per heavy atom. The molecule has 2 amide bonds. The Bertz CT molecular complexity index is 1580. The standard InChI is InChI=1S/C28H28F3N7O2/c1-3-22(39)37-11-4-5-19(15-37)26-36-23(24-25(32)33-10-12-38(24)26)17-6-8-18(9-7-17)27(40)35-21-14-20(28(29,30)31)13-16(2)34-21/h6-10,12-14,19H,3-5,11,15H2,1-2H3,(H2,32,33)(H,34,35,40). The molecule has 9 nitrogen and oxygen atoms in total. The van der Waals surface area contributed by atoms with Crippen LogP contribution in [0, 0.1) is 6.92 Å². The van der Waals surface area contributed by atoms with Gasteiger partial charge in [-0.3, -0.25) is 14.0 Å². The van der Waals surface area contributed by atoms with Crippen molar-refractivity contribution in [2.24, 2.45) is 0 Å². The van der Waals surface area contributed by atoms with E-state index in [1.165, 1.54) is 6.92 Å². The molecular weight excluding hydrogens is 523 g/mol. The number of halogens is 3. The molecule has 5 rings (SSSR count). The number of hydrogen-bond donors (Lipinski definition) is 2. The number of rotatable bonds is 5. The van der Waals surface area contributed by atoms with Crippen LogP contribution in [0.25, 0.3) is 16.8 Å². The fourth-order valence-electron chi connectivity index (χ4n) is 5.08. The number of aryl methyl sites for hydroxylation is 1. The Hall–Kier alpha value is -4.48. The number of aromatic nitrogens is 4. The van der Waals surface area contributed by atoms with Crippen molar-refractivity contribution >= 4 is 29.0 Å². The van der Waals surface area contributed by atoms with Gasteiger partial charge in [0.2, 0.25) is 5.91 Å². The number of hydrogen-bond acceptors (Lipinski definition) is 6. The molecule has 208 valence electrons. The van der Waals surface area contributed by atoms with Crippen LogP contribution in [0.4, 0.5) is 24.8 Å². The molecule has 0 aliphatic carbocycles. The Morgan fingerprint density at radius 3 is 2.60 bits per heavy atom. The lowest BCUT2D eigenvalue weighted by molar-refractivity contribution is -0.137. The van der Waals surface area contributed by atoms with Gasteiger partial charge in [-0.05, 0) is 44.0 Å². The summed E-state index contributed by atoms with van der Waals surface area (Å²) in [6, 6.07) is 8.24. The molecule has 3 N–H and O–H groups in total. The molecule has 0 bridgehead atoms. The number of nitrogens with one attached hydrogen (secondary N) is 1. The minimum Gasteiger partial charge on any atom is -0.382 e. The number of nitrogens with zero attached hydrogens (tertiary/aromatic N) is 5. The van der Waals surface area contributed by atoms with Crippen molar-refractivity contribution in [2.75, 3.05) is 24.1 Å². The summed E-state index contributed by atoms with van der Waals surface area (Å²) in [6.45, 7) is 4.57. The monoisotopic (exact) mass is 551 g/mol. The summed E-state index contributed by atoms with van der Waals surface area (Å²) < 4.78 is 41.4. The number of amides is 2. The predicted octanol–water partition coefficient (Wildman–Crippen LogP) is 5.07. The Labute approximate surface area is 228 Å². The third-order valence-corrected chi connectivity index (χ3v) is 6.99. The van der Waals surface area contributed by atoms with Crippen LogP contribution < -0.4 is 11.1 Å². The molecule has 1 unspecified atom stereocenters. The van der Waals surface area contributed by atoms with Crippen LogP contribution in [-0.4, -0.2) is 49.2 Å². The second kappa shape index (κ2) is 10.6. The molecule has 40 heavy (non-hydrogen) atoms. The average Bonchev–Trinajstić information content (AvgIpc) is 3.33. The summed E-state index contributed by atoms with van der Waals surface area (Å²) in [5.41, 5.74) is 7.64. The molecule has 4 heterocycles. The smallest absolute Gasteiger partial charge is 0.382 e. The fourth-order valence-corrected chi connectivity index (χ4v) is 5.08. The topological polar surface area (TPSA) is 119 Å². The van der Waals surface area contributed by atoms with Crippen molar-refractivity contribution < 1.29 is 22.8 Å². The van der Waals surface area contributed by atoms with Crippen LogP contribution in [-0.2, 0) is 11.0 Å². The maximum absolute atomic E-state index is 13.2. The maximum Gasteiger partial charge on any atom is 0.416 e. The quantitative estimate of drug-likeness (QED) is 0.358. The first-order valence-electron chi connectivity index (χ1n) is 12.9. The summed E-state index contributed by atoms with van der Waals surface area (Å²) in [7, 11) is 0. The van der Waals surface area contributed by atoms with E-state index in [9.17, 15) is 22.8 Å². The van der Waals surface area contributed by atoms with Gasteiger partial charge < -0.3 is 16.0 Å². The van der Waals surface area contributed by atoms with Crippen molar-refractivity contribution in [2.45, 2.75) is 45.2 Å². The highest BCUT2D eigenvalue weighted by molar-refractivity contribution is 6.04. The second-order valence-electron chi connectivity index (χ2n) is 9.79. The second-order valence-corrected chi connectivity index (χ2v) is 9.79. The van der Waals surface area contributed by atoms with E-state index in [1.54, 1.807) is 36.7 Å². The lowest BCUT2D eigenvalue weighted by Gasteiger charge is -2.32. The number of nitrogen functional groups attached to an aromatic ring is 1. The lowest BCUT2D eigenvalue weighted by Crippen LogP contribution is -2.39. The number of alkyl halides is 3. The van der Waals surface area contributed by atoms with Crippen molar-refractivity contribution in [3.63, 3.8) is 0 Å². The molecule has 0 radical (unpaired) electrons. The van der Waals surface area contributed by atoms with E-state index in [0.717, 1.165) is 37.3 Å². The van der Waals surface area contributed by atoms with E-state index < -0.39 is 17.6 Å². The van der Waals surface area contributed by atoms with Gasteiger partial charge in [0.05, 0.1) is 5.56 Å². The number of carbonyl (C=O) groups is 2. The van der Waals surface area contributed by atoms with Gasteiger partial charge in [0, 0.05) is 54.6 Å². The number of benzene rings is 1. The van der Waals surface area contributed by atoms with E-state index in [2.05, 4.69) is 15.3 Å². The Kier molecular flexibility index (Phi) is 7.17. The molecule has 4 aromatic rings. The van der Waals surface area contributed by atoms with E-state index in [-0.39, 0.29) is 28.9 Å². The summed E-state index contributed by atoms with van der Waals surface area (Å²) >= 11 is 0. The van der Waals surface area contributed by atoms with Gasteiger partial charge in [0.15, 0.2) is 0 Å². The number of carbonyl (C=O) groups excluding carboxylic acids is 2. The van der Waals surface area contributed by atoms with Gasteiger partial charge in [-0.25, -0.2) is 15.0 Å². The number of nitrogens with two attached hydrogens (primary N) is 1. The van der Waals surface area contributed by atoms with E-state index in [0.29, 0.717) is 35.6 Å². The van der Waals surface area contributed by atoms with Gasteiger partial charge in [0.1, 0.15) is 28.7 Å². The zero-order valence-electron chi connectivity index (χ0n) is 22.0. The summed E-state index contributed by atoms with van der Waals surface area (Å²) in [6.07, 6.45) is 1.03. The van der Waals surface area contributed by atoms with Crippen LogP contribution in [0.5, 0.6) is 0 Å². The molecule has 3 aromatic heterocycles. The molecule has 1 aliphatic heterocycles. The number of pyridine rings is 1. The third kappa shape index (κ3) is 5.33. The van der Waals surface area contributed by atoms with Crippen LogP contribution in [0.3, 0.4) is 0 Å². The molecular formula is C28H28F3N7O2. The predicted molar refractivity (Wildman–Crippen MR) is 144 cm³/mol. The SMILES string of the molecule is CCC(=O)N1CCCC(c2nc(-c3ccc(C(=O)Nc4cc(C(F)(F)F)cc(C)n4)cc3)c3c(N)nccn23)C1. The van der Waals surface area contributed by atoms with E-state index in [4.69, 9.17) is 10.7 Å². The zero-order chi connectivity index (χ0) is 28.6. The van der Waals surface area contributed by atoms with Gasteiger partial charge in [-0.15, -0.1) is 0 Å². The van der Waals surface area contributed by atoms with Crippen LogP contribution in [0.2, 0.25) is 0 Å². The molecule has 0 spiro atoms. The number of fused-ring (bicyclic) bond motifs is 1. The normalized spacial score (nSPS) is 15.8. The molecule has 1 saturated heterocycles. The zero-order valence-corrected chi connectivity index (χ0v) is 22.0. The number of anilines is 2. The molecule has 0 saturated carbocycles. The van der Waals surface area contributed by atoms with Gasteiger partial charge in [-0.2, -0.15) is 13.2 Å². The Balaban J connectivity index is 1.43. The van der Waals surface area contributed by atoms with Gasteiger partial charge in [0.25, 0.3) is 5.91 Å². The largest absolute Gasteiger partial charge is 0.416 e. The molecule has 1 aliphatic rings. The summed E-state index contributed by atoms with van der Waals surface area (Å²) in [5.74, 6) is 0.407. The van der Waals surface area contributed by atoms with Crippen LogP contribution in [0.15, 0.2) is 48.8 Å². The first-order chi connectivity index (χ1) is 19.0. The third-order valence-electron chi connectivity index (χ3n) is 6.99. The summed E-state index contributed by atoms with van der Waals surface area (Å²) in [5, 5.41) is 2.44. The average molecular weight is 552 g/mol. The highest BCUT2D eigenvalue weighted by atomic mass is 19.4. The minimum absolute atomic E-state index is 0.0146. The first kappa shape index (κ1) is 27.1. The van der Waals surface area contributed by atoms with Gasteiger partial charge >= 0.3 is 6.18 Å². The maximum atomic E-state index is 13.2. The molecule has 1 aromatic carbocycles. The Morgan fingerprint density at radius 1 is 1.15 bits per heavy atom. The highest BCUT2D eigenvalue weighted by Gasteiger charge is 2.32. The molecule has 1 atom stereocenters. The van der Waals surface area contributed by atoms with Crippen molar-refractivity contribution in [3.05, 3.63) is 71.4 Å². The minimum atomic E-state index is -4.56. The fraction of sp³-hybridized carbons (Fsp3) is 0.321.